The van der Waals surface area contributed by atoms with Gasteiger partial charge in [-0.15, -0.1) is 0 Å². The molecule has 33 heavy (non-hydrogen) atoms. The maximum Gasteiger partial charge on any atom is 0.257 e. The monoisotopic (exact) mass is 440 g/mol. The highest BCUT2D eigenvalue weighted by molar-refractivity contribution is 6.17. The van der Waals surface area contributed by atoms with Gasteiger partial charge in [0.2, 0.25) is 11.8 Å². The molecule has 3 aromatic rings. The summed E-state index contributed by atoms with van der Waals surface area (Å²) in [6, 6.07) is 14.5. The summed E-state index contributed by atoms with van der Waals surface area (Å²) in [5, 5.41) is 5.85. The zero-order valence-electron chi connectivity index (χ0n) is 18.4. The fraction of sp³-hybridized carbons (Fsp3) is 0.231. The minimum absolute atomic E-state index is 0.220. The van der Waals surface area contributed by atoms with Crippen molar-refractivity contribution in [1.29, 1.82) is 0 Å². The van der Waals surface area contributed by atoms with Crippen LogP contribution in [0.25, 0.3) is 0 Å². The molecule has 2 heterocycles. The molecular formula is C26H24N4O3. The smallest absolute Gasteiger partial charge is 0.257 e. The van der Waals surface area contributed by atoms with E-state index in [2.05, 4.69) is 21.7 Å². The van der Waals surface area contributed by atoms with E-state index in [1.807, 2.05) is 6.07 Å². The number of anilines is 4. The summed E-state index contributed by atoms with van der Waals surface area (Å²) < 4.78 is 0. The quantitative estimate of drug-likeness (QED) is 0.586. The maximum atomic E-state index is 13.0. The third-order valence-corrected chi connectivity index (χ3v) is 6.21. The lowest BCUT2D eigenvalue weighted by molar-refractivity contribution is -0.124. The Balaban J connectivity index is 1.47. The molecule has 166 valence electrons. The van der Waals surface area contributed by atoms with Gasteiger partial charge in [-0.3, -0.25) is 24.3 Å². The molecule has 0 spiro atoms. The van der Waals surface area contributed by atoms with Crippen LogP contribution in [0.4, 0.5) is 22.7 Å². The number of fused-ring (bicyclic) bond motifs is 3. The molecule has 0 fully saturated rings. The van der Waals surface area contributed by atoms with Gasteiger partial charge in [0.15, 0.2) is 0 Å². The molecule has 5 rings (SSSR count). The molecule has 0 unspecified atom stereocenters. The highest BCUT2D eigenvalue weighted by atomic mass is 16.2. The third-order valence-electron chi connectivity index (χ3n) is 6.21. The summed E-state index contributed by atoms with van der Waals surface area (Å²) in [6.07, 6.45) is 5.50. The van der Waals surface area contributed by atoms with Crippen LogP contribution in [0.1, 0.15) is 46.4 Å². The third kappa shape index (κ3) is 3.98. The molecule has 2 aliphatic rings. The van der Waals surface area contributed by atoms with E-state index < -0.39 is 0 Å². The summed E-state index contributed by atoms with van der Waals surface area (Å²) in [7, 11) is 0. The summed E-state index contributed by atoms with van der Waals surface area (Å²) in [6.45, 7) is 1.79. The van der Waals surface area contributed by atoms with Gasteiger partial charge in [-0.25, -0.2) is 0 Å². The van der Waals surface area contributed by atoms with Gasteiger partial charge < -0.3 is 10.6 Å². The van der Waals surface area contributed by atoms with Crippen molar-refractivity contribution < 1.29 is 14.4 Å². The molecule has 0 saturated carbocycles. The fourth-order valence-corrected chi connectivity index (χ4v) is 4.58. The van der Waals surface area contributed by atoms with E-state index >= 15 is 0 Å². The molecular weight excluding hydrogens is 416 g/mol. The SMILES string of the molecule is Cc1ncccc1C(=O)Nc1ccc(N2C(=O)CC(=O)Nc3c2ccc2c3CCCC2)cc1. The van der Waals surface area contributed by atoms with Crippen LogP contribution in [0.3, 0.4) is 0 Å². The van der Waals surface area contributed by atoms with E-state index in [1.54, 1.807) is 54.4 Å². The van der Waals surface area contributed by atoms with Crippen LogP contribution in [-0.2, 0) is 22.4 Å². The number of benzene rings is 2. The molecule has 0 radical (unpaired) electrons. The van der Waals surface area contributed by atoms with Crippen molar-refractivity contribution in [2.75, 3.05) is 15.5 Å². The van der Waals surface area contributed by atoms with Gasteiger partial charge >= 0.3 is 0 Å². The molecule has 2 aromatic carbocycles. The number of carbonyl (C=O) groups excluding carboxylic acids is 3. The van der Waals surface area contributed by atoms with Crippen LogP contribution in [0.2, 0.25) is 0 Å². The Kier molecular flexibility index (Phi) is 5.38. The Morgan fingerprint density at radius 2 is 1.82 bits per heavy atom. The normalized spacial score (nSPS) is 15.2. The Morgan fingerprint density at radius 3 is 2.61 bits per heavy atom. The standard InChI is InChI=1S/C26H24N4O3/c1-16-20(7-4-14-27-16)26(33)28-18-9-11-19(12-10-18)30-22-13-8-17-5-2-3-6-21(17)25(22)29-23(31)15-24(30)32/h4,7-14H,2-3,5-6,15H2,1H3,(H,28,33)(H,29,31). The Hall–Kier alpha value is -4.00. The number of carbonyl (C=O) groups is 3. The number of aromatic nitrogens is 1. The minimum atomic E-state index is -0.293. The van der Waals surface area contributed by atoms with E-state index in [9.17, 15) is 14.4 Å². The van der Waals surface area contributed by atoms with Crippen LogP contribution in [0, 0.1) is 6.92 Å². The van der Waals surface area contributed by atoms with Crippen molar-refractivity contribution in [2.45, 2.75) is 39.0 Å². The summed E-state index contributed by atoms with van der Waals surface area (Å²) in [5.41, 5.74) is 6.20. The number of hydrogen-bond acceptors (Lipinski definition) is 4. The van der Waals surface area contributed by atoms with Gasteiger partial charge in [0.25, 0.3) is 5.91 Å². The van der Waals surface area contributed by atoms with Crippen molar-refractivity contribution >= 4 is 40.5 Å². The zero-order valence-corrected chi connectivity index (χ0v) is 18.4. The predicted molar refractivity (Wildman–Crippen MR) is 127 cm³/mol. The van der Waals surface area contributed by atoms with E-state index in [0.29, 0.717) is 28.3 Å². The topological polar surface area (TPSA) is 91.4 Å². The lowest BCUT2D eigenvalue weighted by atomic mass is 9.89. The molecule has 1 aromatic heterocycles. The van der Waals surface area contributed by atoms with E-state index in [1.165, 1.54) is 5.56 Å². The van der Waals surface area contributed by atoms with Crippen LogP contribution < -0.4 is 15.5 Å². The Labute approximate surface area is 191 Å². The number of aryl methyl sites for hydroxylation is 2. The van der Waals surface area contributed by atoms with Gasteiger partial charge in [-0.2, -0.15) is 0 Å². The van der Waals surface area contributed by atoms with Crippen LogP contribution in [-0.4, -0.2) is 22.7 Å². The molecule has 7 nitrogen and oxygen atoms in total. The van der Waals surface area contributed by atoms with Gasteiger partial charge in [0.05, 0.1) is 16.9 Å². The van der Waals surface area contributed by atoms with Crippen molar-refractivity contribution in [3.8, 4) is 0 Å². The second-order valence-electron chi connectivity index (χ2n) is 8.40. The van der Waals surface area contributed by atoms with Gasteiger partial charge in [-0.1, -0.05) is 6.07 Å². The number of pyridine rings is 1. The maximum absolute atomic E-state index is 13.0. The van der Waals surface area contributed by atoms with Crippen LogP contribution in [0.5, 0.6) is 0 Å². The van der Waals surface area contributed by atoms with E-state index in [-0.39, 0.29) is 24.1 Å². The molecule has 7 heteroatoms. The zero-order chi connectivity index (χ0) is 22.9. The minimum Gasteiger partial charge on any atom is -0.324 e. The number of hydrogen-bond donors (Lipinski definition) is 2. The molecule has 0 saturated heterocycles. The fourth-order valence-electron chi connectivity index (χ4n) is 4.58. The summed E-state index contributed by atoms with van der Waals surface area (Å²) in [5.74, 6) is -0.825. The van der Waals surface area contributed by atoms with Gasteiger partial charge in [0, 0.05) is 23.3 Å². The average Bonchev–Trinajstić information content (AvgIpc) is 2.94. The predicted octanol–water partition coefficient (Wildman–Crippen LogP) is 4.53. The van der Waals surface area contributed by atoms with E-state index in [0.717, 1.165) is 36.9 Å². The lowest BCUT2D eigenvalue weighted by Gasteiger charge is -2.26. The lowest BCUT2D eigenvalue weighted by Crippen LogP contribution is -2.26. The highest BCUT2D eigenvalue weighted by Gasteiger charge is 2.30. The Bertz CT molecular complexity index is 1270. The van der Waals surface area contributed by atoms with Crippen LogP contribution in [0.15, 0.2) is 54.7 Å². The van der Waals surface area contributed by atoms with Crippen molar-refractivity contribution in [1.82, 2.24) is 4.98 Å². The van der Waals surface area contributed by atoms with Gasteiger partial charge in [-0.05, 0) is 86.2 Å². The van der Waals surface area contributed by atoms with Crippen LogP contribution >= 0.6 is 0 Å². The highest BCUT2D eigenvalue weighted by Crippen LogP contribution is 2.41. The molecule has 1 aliphatic carbocycles. The number of amides is 3. The van der Waals surface area contributed by atoms with E-state index in [4.69, 9.17) is 0 Å². The second kappa shape index (κ2) is 8.50. The molecule has 0 bridgehead atoms. The summed E-state index contributed by atoms with van der Waals surface area (Å²) in [4.78, 5) is 43.8. The molecule has 0 atom stereocenters. The number of rotatable bonds is 3. The Morgan fingerprint density at radius 1 is 1.03 bits per heavy atom. The largest absolute Gasteiger partial charge is 0.324 e. The van der Waals surface area contributed by atoms with Crippen molar-refractivity contribution in [3.05, 3.63) is 77.1 Å². The molecule has 3 amide bonds. The average molecular weight is 441 g/mol. The molecule has 2 N–H and O–H groups in total. The first-order chi connectivity index (χ1) is 16.0. The second-order valence-corrected chi connectivity index (χ2v) is 8.40. The van der Waals surface area contributed by atoms with Crippen molar-refractivity contribution in [3.63, 3.8) is 0 Å². The number of nitrogens with zero attached hydrogens (tertiary/aromatic N) is 2. The van der Waals surface area contributed by atoms with Crippen molar-refractivity contribution in [2.24, 2.45) is 0 Å². The first-order valence-corrected chi connectivity index (χ1v) is 11.1. The first kappa shape index (κ1) is 20.9. The first-order valence-electron chi connectivity index (χ1n) is 11.1. The van der Waals surface area contributed by atoms with Gasteiger partial charge in [0.1, 0.15) is 6.42 Å². The molecule has 1 aliphatic heterocycles. The summed E-state index contributed by atoms with van der Waals surface area (Å²) >= 11 is 0. The number of nitrogens with one attached hydrogen (secondary N) is 2.